The minimum atomic E-state index is 0.107. The van der Waals surface area contributed by atoms with Gasteiger partial charge in [-0.15, -0.1) is 0 Å². The molecule has 0 unspecified atom stereocenters. The van der Waals surface area contributed by atoms with Gasteiger partial charge in [0.25, 0.3) is 0 Å². The van der Waals surface area contributed by atoms with Crippen molar-refractivity contribution in [2.24, 2.45) is 5.84 Å². The molecule has 0 aromatic heterocycles. The number of hydrazine groups is 1. The molecule has 0 aliphatic rings. The number of nitrogens with two attached hydrogens (primary N) is 1. The molecule has 3 nitrogen and oxygen atoms in total. The maximum Gasteiger partial charge on any atom is 0.159 e. The van der Waals surface area contributed by atoms with Crippen molar-refractivity contribution >= 4 is 5.78 Å². The minimum absolute atomic E-state index is 0.107. The highest BCUT2D eigenvalue weighted by molar-refractivity contribution is 5.93. The molecule has 0 saturated carbocycles. The summed E-state index contributed by atoms with van der Waals surface area (Å²) in [6.45, 7) is 5.30. The standard InChI is InChI=1S/C12H18N2O/c1-3-14(13)9-8-11-4-6-12(7-5-11)10(2)15/h4-7H,3,8-9,13H2,1-2H3. The van der Waals surface area contributed by atoms with Crippen LogP contribution in [0.25, 0.3) is 0 Å². The van der Waals surface area contributed by atoms with Gasteiger partial charge in [-0.1, -0.05) is 31.2 Å². The van der Waals surface area contributed by atoms with E-state index in [2.05, 4.69) is 0 Å². The van der Waals surface area contributed by atoms with Gasteiger partial charge in [-0.2, -0.15) is 0 Å². The Morgan fingerprint density at radius 3 is 2.40 bits per heavy atom. The minimum Gasteiger partial charge on any atom is -0.295 e. The maximum atomic E-state index is 11.0. The van der Waals surface area contributed by atoms with Gasteiger partial charge in [-0.3, -0.25) is 10.6 Å². The molecule has 0 aliphatic carbocycles. The van der Waals surface area contributed by atoms with E-state index in [1.54, 1.807) is 11.9 Å². The Morgan fingerprint density at radius 2 is 1.93 bits per heavy atom. The lowest BCUT2D eigenvalue weighted by Crippen LogP contribution is -2.32. The predicted molar refractivity (Wildman–Crippen MR) is 61.6 cm³/mol. The summed E-state index contributed by atoms with van der Waals surface area (Å²) in [7, 11) is 0. The van der Waals surface area contributed by atoms with Gasteiger partial charge in [0.05, 0.1) is 0 Å². The Morgan fingerprint density at radius 1 is 1.33 bits per heavy atom. The summed E-state index contributed by atoms with van der Waals surface area (Å²) in [4.78, 5) is 11.0. The summed E-state index contributed by atoms with van der Waals surface area (Å²) in [5, 5.41) is 1.78. The fraction of sp³-hybridized carbons (Fsp3) is 0.417. The van der Waals surface area contributed by atoms with Crippen LogP contribution in [0.1, 0.15) is 29.8 Å². The number of carbonyl (C=O) groups excluding carboxylic acids is 1. The highest BCUT2D eigenvalue weighted by Gasteiger charge is 2.00. The number of rotatable bonds is 5. The van der Waals surface area contributed by atoms with Crippen LogP contribution in [0.2, 0.25) is 0 Å². The van der Waals surface area contributed by atoms with Crippen LogP contribution in [0, 0.1) is 0 Å². The second kappa shape index (κ2) is 5.63. The average Bonchev–Trinajstić information content (AvgIpc) is 2.26. The van der Waals surface area contributed by atoms with Crippen molar-refractivity contribution in [3.05, 3.63) is 35.4 Å². The van der Waals surface area contributed by atoms with Gasteiger partial charge in [0.1, 0.15) is 0 Å². The lowest BCUT2D eigenvalue weighted by molar-refractivity contribution is 0.101. The Hall–Kier alpha value is -1.19. The van der Waals surface area contributed by atoms with Crippen molar-refractivity contribution in [1.29, 1.82) is 0 Å². The van der Waals surface area contributed by atoms with E-state index in [1.165, 1.54) is 5.56 Å². The van der Waals surface area contributed by atoms with E-state index in [1.807, 2.05) is 31.2 Å². The van der Waals surface area contributed by atoms with Crippen molar-refractivity contribution < 1.29 is 4.79 Å². The summed E-state index contributed by atoms with van der Waals surface area (Å²) in [5.41, 5.74) is 1.97. The number of ketones is 1. The number of nitrogens with zero attached hydrogens (tertiary/aromatic N) is 1. The van der Waals surface area contributed by atoms with E-state index < -0.39 is 0 Å². The molecule has 0 bridgehead atoms. The first-order valence-electron chi connectivity index (χ1n) is 5.23. The maximum absolute atomic E-state index is 11.0. The number of Topliss-reactive ketones (excluding diaryl/α,β-unsaturated/α-hetero) is 1. The topological polar surface area (TPSA) is 46.3 Å². The van der Waals surface area contributed by atoms with Gasteiger partial charge in [0.15, 0.2) is 5.78 Å². The molecule has 0 radical (unpaired) electrons. The number of carbonyl (C=O) groups is 1. The van der Waals surface area contributed by atoms with E-state index in [0.717, 1.165) is 25.1 Å². The molecule has 15 heavy (non-hydrogen) atoms. The fourth-order valence-electron chi connectivity index (χ4n) is 1.34. The van der Waals surface area contributed by atoms with Crippen molar-refractivity contribution in [1.82, 2.24) is 5.01 Å². The van der Waals surface area contributed by atoms with Crippen molar-refractivity contribution in [3.63, 3.8) is 0 Å². The first kappa shape index (κ1) is 11.9. The molecule has 2 N–H and O–H groups in total. The van der Waals surface area contributed by atoms with Crippen LogP contribution in [0.5, 0.6) is 0 Å². The molecular formula is C12H18N2O. The molecule has 0 aliphatic heterocycles. The third-order valence-electron chi connectivity index (χ3n) is 2.45. The molecule has 0 spiro atoms. The van der Waals surface area contributed by atoms with Crippen LogP contribution in [-0.2, 0) is 6.42 Å². The summed E-state index contributed by atoms with van der Waals surface area (Å²) >= 11 is 0. The van der Waals surface area contributed by atoms with Gasteiger partial charge in [-0.05, 0) is 18.9 Å². The van der Waals surface area contributed by atoms with E-state index in [-0.39, 0.29) is 5.78 Å². The normalized spacial score (nSPS) is 10.7. The van der Waals surface area contributed by atoms with E-state index in [4.69, 9.17) is 5.84 Å². The summed E-state index contributed by atoms with van der Waals surface area (Å²) in [6, 6.07) is 7.70. The highest BCUT2D eigenvalue weighted by Crippen LogP contribution is 2.06. The average molecular weight is 206 g/mol. The molecule has 82 valence electrons. The van der Waals surface area contributed by atoms with Crippen molar-refractivity contribution in [3.8, 4) is 0 Å². The zero-order valence-corrected chi connectivity index (χ0v) is 9.36. The van der Waals surface area contributed by atoms with Gasteiger partial charge < -0.3 is 0 Å². The highest BCUT2D eigenvalue weighted by atomic mass is 16.1. The number of hydrogen-bond acceptors (Lipinski definition) is 3. The predicted octanol–water partition coefficient (Wildman–Crippen LogP) is 1.63. The first-order valence-corrected chi connectivity index (χ1v) is 5.23. The summed E-state index contributed by atoms with van der Waals surface area (Å²) in [5.74, 6) is 5.79. The molecular weight excluding hydrogens is 188 g/mol. The summed E-state index contributed by atoms with van der Waals surface area (Å²) < 4.78 is 0. The lowest BCUT2D eigenvalue weighted by Gasteiger charge is -2.13. The van der Waals surface area contributed by atoms with E-state index in [0.29, 0.717) is 0 Å². The molecule has 0 amide bonds. The van der Waals surface area contributed by atoms with Crippen LogP contribution in [0.4, 0.5) is 0 Å². The van der Waals surface area contributed by atoms with Crippen LogP contribution in [-0.4, -0.2) is 23.9 Å². The van der Waals surface area contributed by atoms with Crippen LogP contribution >= 0.6 is 0 Å². The van der Waals surface area contributed by atoms with Crippen LogP contribution < -0.4 is 5.84 Å². The third kappa shape index (κ3) is 3.81. The van der Waals surface area contributed by atoms with Crippen molar-refractivity contribution in [2.45, 2.75) is 20.3 Å². The lowest BCUT2D eigenvalue weighted by atomic mass is 10.1. The van der Waals surface area contributed by atoms with E-state index in [9.17, 15) is 4.79 Å². The fourth-order valence-corrected chi connectivity index (χ4v) is 1.34. The molecule has 1 rings (SSSR count). The smallest absolute Gasteiger partial charge is 0.159 e. The number of likely N-dealkylation sites (N-methyl/N-ethyl adjacent to an activating group) is 1. The van der Waals surface area contributed by atoms with Crippen LogP contribution in [0.15, 0.2) is 24.3 Å². The van der Waals surface area contributed by atoms with Gasteiger partial charge in [-0.25, -0.2) is 5.01 Å². The zero-order chi connectivity index (χ0) is 11.3. The monoisotopic (exact) mass is 206 g/mol. The summed E-state index contributed by atoms with van der Waals surface area (Å²) in [6.07, 6.45) is 0.919. The van der Waals surface area contributed by atoms with Gasteiger partial charge in [0.2, 0.25) is 0 Å². The quantitative estimate of drug-likeness (QED) is 0.452. The van der Waals surface area contributed by atoms with Gasteiger partial charge in [0, 0.05) is 18.7 Å². The molecule has 1 aromatic rings. The Labute approximate surface area is 90.9 Å². The Kier molecular flexibility index (Phi) is 4.46. The van der Waals surface area contributed by atoms with Crippen LogP contribution in [0.3, 0.4) is 0 Å². The van der Waals surface area contributed by atoms with Crippen molar-refractivity contribution in [2.75, 3.05) is 13.1 Å². The SMILES string of the molecule is CCN(N)CCc1ccc(C(C)=O)cc1. The molecule has 0 fully saturated rings. The van der Waals surface area contributed by atoms with Gasteiger partial charge >= 0.3 is 0 Å². The first-order chi connectivity index (χ1) is 7.13. The third-order valence-corrected chi connectivity index (χ3v) is 2.45. The molecule has 0 heterocycles. The molecule has 0 atom stereocenters. The second-order valence-corrected chi connectivity index (χ2v) is 3.63. The molecule has 0 saturated heterocycles. The zero-order valence-electron chi connectivity index (χ0n) is 9.36. The molecule has 3 heteroatoms. The second-order valence-electron chi connectivity index (χ2n) is 3.63. The Bertz CT molecular complexity index is 319. The molecule has 1 aromatic carbocycles. The van der Waals surface area contributed by atoms with E-state index >= 15 is 0 Å². The number of benzene rings is 1. The largest absolute Gasteiger partial charge is 0.295 e. The number of hydrogen-bond donors (Lipinski definition) is 1. The Balaban J connectivity index is 2.53.